The van der Waals surface area contributed by atoms with Crippen molar-refractivity contribution in [1.29, 1.82) is 0 Å². The molecular formula is C21H16F2N10O. The Bertz CT molecular complexity index is 1450. The van der Waals surface area contributed by atoms with E-state index in [0.29, 0.717) is 22.8 Å². The quantitative estimate of drug-likeness (QED) is 0.336. The lowest BCUT2D eigenvalue weighted by atomic mass is 10.2. The van der Waals surface area contributed by atoms with Crippen molar-refractivity contribution in [2.45, 2.75) is 13.0 Å². The Morgan fingerprint density at radius 2 is 2.06 bits per heavy atom. The third-order valence-corrected chi connectivity index (χ3v) is 4.81. The van der Waals surface area contributed by atoms with Crippen LogP contribution in [0.3, 0.4) is 0 Å². The summed E-state index contributed by atoms with van der Waals surface area (Å²) in [5.41, 5.74) is 1.13. The molecule has 5 heterocycles. The molecule has 5 aromatic heterocycles. The molecule has 0 saturated carbocycles. The molecule has 0 aliphatic rings. The number of halogens is 2. The topological polar surface area (TPSA) is 139 Å². The number of rotatable bonds is 7. The van der Waals surface area contributed by atoms with Gasteiger partial charge in [0.15, 0.2) is 5.82 Å². The number of fused-ring (bicyclic) bond motifs is 1. The van der Waals surface area contributed by atoms with Gasteiger partial charge in [0.2, 0.25) is 5.82 Å². The number of carbonyl (C=O) groups excluding carboxylic acids is 1. The molecule has 13 heteroatoms. The zero-order valence-electron chi connectivity index (χ0n) is 17.4. The van der Waals surface area contributed by atoms with Gasteiger partial charge in [0.25, 0.3) is 12.3 Å². The van der Waals surface area contributed by atoms with Crippen molar-refractivity contribution in [3.05, 3.63) is 78.4 Å². The molecule has 5 rings (SSSR count). The summed E-state index contributed by atoms with van der Waals surface area (Å²) in [7, 11) is 0. The summed E-state index contributed by atoms with van der Waals surface area (Å²) < 4.78 is 27.8. The number of anilines is 2. The van der Waals surface area contributed by atoms with Gasteiger partial charge in [-0.05, 0) is 30.3 Å². The zero-order chi connectivity index (χ0) is 23.5. The zero-order valence-corrected chi connectivity index (χ0v) is 17.4. The maximum atomic E-state index is 13.1. The Balaban J connectivity index is 1.48. The summed E-state index contributed by atoms with van der Waals surface area (Å²) >= 11 is 0. The van der Waals surface area contributed by atoms with Gasteiger partial charge < -0.3 is 10.6 Å². The van der Waals surface area contributed by atoms with Gasteiger partial charge in [-0.15, -0.1) is 5.10 Å². The van der Waals surface area contributed by atoms with E-state index in [4.69, 9.17) is 0 Å². The molecule has 0 atom stereocenters. The highest BCUT2D eigenvalue weighted by Gasteiger charge is 2.17. The minimum atomic E-state index is -2.72. The van der Waals surface area contributed by atoms with Gasteiger partial charge in [0.05, 0.1) is 17.8 Å². The lowest BCUT2D eigenvalue weighted by molar-refractivity contribution is 0.0950. The maximum absolute atomic E-state index is 13.1. The molecule has 1 amide bonds. The smallest absolute Gasteiger partial charge is 0.280 e. The number of hydrogen-bond acceptors (Lipinski definition) is 8. The molecule has 0 fully saturated rings. The molecular weight excluding hydrogens is 446 g/mol. The van der Waals surface area contributed by atoms with E-state index in [-0.39, 0.29) is 35.2 Å². The highest BCUT2D eigenvalue weighted by Crippen LogP contribution is 2.26. The van der Waals surface area contributed by atoms with Crippen LogP contribution in [0.4, 0.5) is 20.3 Å². The standard InChI is InChI=1S/C21H16F2N10O/c22-18(23)14-3-1-4-15(28-14)19-30-20(16-5-2-8-33(16)32-19)29-13-6-7-24-9-12(13)21(34)25-10-17-26-11-27-31-17/h1-9,11,18H,10H2,(H,25,34)(H,26,27,31)(H,24,29,30,32). The first kappa shape index (κ1) is 21.1. The second-order valence-corrected chi connectivity index (χ2v) is 7.03. The summed E-state index contributed by atoms with van der Waals surface area (Å²) in [6.45, 7) is 0.153. The van der Waals surface area contributed by atoms with E-state index < -0.39 is 6.43 Å². The van der Waals surface area contributed by atoms with Gasteiger partial charge in [-0.2, -0.15) is 5.10 Å². The van der Waals surface area contributed by atoms with Gasteiger partial charge in [-0.1, -0.05) is 6.07 Å². The molecule has 0 bridgehead atoms. The van der Waals surface area contributed by atoms with Crippen molar-refractivity contribution < 1.29 is 13.6 Å². The molecule has 0 aliphatic carbocycles. The van der Waals surface area contributed by atoms with Crippen LogP contribution in [0.1, 0.15) is 28.3 Å². The number of alkyl halides is 2. The molecule has 0 aromatic carbocycles. The average molecular weight is 462 g/mol. The molecule has 0 saturated heterocycles. The predicted molar refractivity (Wildman–Crippen MR) is 116 cm³/mol. The number of aromatic nitrogens is 8. The fraction of sp³-hybridized carbons (Fsp3) is 0.0952. The number of nitrogens with zero attached hydrogens (tertiary/aromatic N) is 7. The van der Waals surface area contributed by atoms with Crippen LogP contribution in [-0.2, 0) is 6.54 Å². The van der Waals surface area contributed by atoms with Crippen LogP contribution in [0.5, 0.6) is 0 Å². The van der Waals surface area contributed by atoms with E-state index in [2.05, 4.69) is 45.9 Å². The van der Waals surface area contributed by atoms with Crippen molar-refractivity contribution in [2.75, 3.05) is 5.32 Å². The Kier molecular flexibility index (Phi) is 5.56. The third kappa shape index (κ3) is 4.26. The molecule has 34 heavy (non-hydrogen) atoms. The van der Waals surface area contributed by atoms with Crippen LogP contribution < -0.4 is 10.6 Å². The van der Waals surface area contributed by atoms with Crippen LogP contribution in [0.15, 0.2) is 61.3 Å². The van der Waals surface area contributed by atoms with Crippen molar-refractivity contribution in [2.24, 2.45) is 0 Å². The van der Waals surface area contributed by atoms with Crippen LogP contribution in [0.25, 0.3) is 17.0 Å². The maximum Gasteiger partial charge on any atom is 0.280 e. The SMILES string of the molecule is O=C(NCc1ncn[nH]1)c1cnccc1Nc1nc(-c2cccc(C(F)F)n2)nn2cccc12. The van der Waals surface area contributed by atoms with Crippen LogP contribution in [-0.4, -0.2) is 45.7 Å². The molecule has 0 spiro atoms. The lowest BCUT2D eigenvalue weighted by Crippen LogP contribution is -2.24. The van der Waals surface area contributed by atoms with E-state index in [1.807, 2.05) is 0 Å². The van der Waals surface area contributed by atoms with E-state index in [9.17, 15) is 13.6 Å². The van der Waals surface area contributed by atoms with E-state index in [0.717, 1.165) is 0 Å². The van der Waals surface area contributed by atoms with Crippen molar-refractivity contribution >= 4 is 22.9 Å². The summed E-state index contributed by atoms with van der Waals surface area (Å²) in [6, 6.07) is 9.43. The minimum absolute atomic E-state index is 0.138. The van der Waals surface area contributed by atoms with Gasteiger partial charge in [-0.25, -0.2) is 28.2 Å². The van der Waals surface area contributed by atoms with Crippen LogP contribution >= 0.6 is 0 Å². The third-order valence-electron chi connectivity index (χ3n) is 4.81. The molecule has 0 radical (unpaired) electrons. The summed E-state index contributed by atoms with van der Waals surface area (Å²) in [4.78, 5) is 29.3. The second-order valence-electron chi connectivity index (χ2n) is 7.03. The van der Waals surface area contributed by atoms with Crippen molar-refractivity contribution in [3.8, 4) is 11.5 Å². The molecule has 5 aromatic rings. The van der Waals surface area contributed by atoms with Crippen molar-refractivity contribution in [3.63, 3.8) is 0 Å². The number of aromatic amines is 1. The second kappa shape index (κ2) is 8.97. The van der Waals surface area contributed by atoms with E-state index in [1.165, 1.54) is 30.9 Å². The monoisotopic (exact) mass is 462 g/mol. The van der Waals surface area contributed by atoms with Gasteiger partial charge in [0.1, 0.15) is 29.1 Å². The summed E-state index contributed by atoms with van der Waals surface area (Å²) in [5.74, 6) is 0.605. The normalized spacial score (nSPS) is 11.1. The number of amides is 1. The fourth-order valence-electron chi connectivity index (χ4n) is 3.22. The highest BCUT2D eigenvalue weighted by molar-refractivity contribution is 6.00. The van der Waals surface area contributed by atoms with Gasteiger partial charge in [0, 0.05) is 18.6 Å². The number of carbonyl (C=O) groups is 1. The molecule has 170 valence electrons. The number of nitrogens with one attached hydrogen (secondary N) is 3. The van der Waals surface area contributed by atoms with Crippen LogP contribution in [0.2, 0.25) is 0 Å². The van der Waals surface area contributed by atoms with E-state index >= 15 is 0 Å². The van der Waals surface area contributed by atoms with Gasteiger partial charge in [-0.3, -0.25) is 14.9 Å². The Morgan fingerprint density at radius 1 is 1.15 bits per heavy atom. The predicted octanol–water partition coefficient (Wildman–Crippen LogP) is 2.92. The number of hydrogen-bond donors (Lipinski definition) is 3. The molecule has 3 N–H and O–H groups in total. The Morgan fingerprint density at radius 3 is 2.88 bits per heavy atom. The number of H-pyrrole nitrogens is 1. The van der Waals surface area contributed by atoms with Gasteiger partial charge >= 0.3 is 0 Å². The van der Waals surface area contributed by atoms with Crippen molar-refractivity contribution in [1.82, 2.24) is 45.1 Å². The first-order valence-electron chi connectivity index (χ1n) is 10.0. The molecule has 0 aliphatic heterocycles. The highest BCUT2D eigenvalue weighted by atomic mass is 19.3. The Hall–Kier alpha value is -4.81. The molecule has 0 unspecified atom stereocenters. The minimum Gasteiger partial charge on any atom is -0.345 e. The first-order chi connectivity index (χ1) is 16.6. The largest absolute Gasteiger partial charge is 0.345 e. The summed E-state index contributed by atoms with van der Waals surface area (Å²) in [6.07, 6.45) is 3.27. The summed E-state index contributed by atoms with van der Waals surface area (Å²) in [5, 5.41) is 16.7. The molecule has 11 nitrogen and oxygen atoms in total. The Labute approximate surface area is 190 Å². The van der Waals surface area contributed by atoms with Crippen LogP contribution in [0, 0.1) is 0 Å². The first-order valence-corrected chi connectivity index (χ1v) is 10.0. The average Bonchev–Trinajstić information content (AvgIpc) is 3.55. The van der Waals surface area contributed by atoms with E-state index in [1.54, 1.807) is 35.0 Å². The fourth-order valence-corrected chi connectivity index (χ4v) is 3.22. The number of pyridine rings is 2. The lowest BCUT2D eigenvalue weighted by Gasteiger charge is -2.13.